The summed E-state index contributed by atoms with van der Waals surface area (Å²) in [5.74, 6) is 0.523. The van der Waals surface area contributed by atoms with Crippen LogP contribution in [-0.4, -0.2) is 0 Å². The minimum Gasteiger partial charge on any atom is -0.321 e. The number of nitrogens with two attached hydrogens (primary N) is 1. The predicted octanol–water partition coefficient (Wildman–Crippen LogP) is 3.30. The van der Waals surface area contributed by atoms with Gasteiger partial charge in [0.05, 0.1) is 0 Å². The van der Waals surface area contributed by atoms with Gasteiger partial charge in [0.2, 0.25) is 0 Å². The fourth-order valence-corrected chi connectivity index (χ4v) is 1.95. The molecule has 1 heteroatoms. The summed E-state index contributed by atoms with van der Waals surface area (Å²) in [7, 11) is 0. The van der Waals surface area contributed by atoms with Gasteiger partial charge < -0.3 is 5.73 Å². The van der Waals surface area contributed by atoms with Crippen molar-refractivity contribution in [1.29, 1.82) is 0 Å². The lowest BCUT2D eigenvalue weighted by molar-refractivity contribution is 0.277. The first-order valence-electron chi connectivity index (χ1n) is 5.49. The zero-order valence-electron chi connectivity index (χ0n) is 9.46. The molecule has 1 aromatic rings. The molecule has 0 bridgehead atoms. The Bertz CT molecular complexity index is 268. The minimum absolute atomic E-state index is 0.157. The summed E-state index contributed by atoms with van der Waals surface area (Å²) in [5, 5.41) is 0. The van der Waals surface area contributed by atoms with Crippen LogP contribution in [0.3, 0.4) is 0 Å². The number of benzene rings is 1. The van der Waals surface area contributed by atoms with E-state index in [4.69, 9.17) is 5.73 Å². The van der Waals surface area contributed by atoms with Gasteiger partial charge in [-0.15, -0.1) is 0 Å². The third-order valence-corrected chi connectivity index (χ3v) is 3.39. The van der Waals surface area contributed by atoms with Crippen LogP contribution in [0, 0.1) is 5.92 Å². The molecule has 0 fully saturated rings. The van der Waals surface area contributed by atoms with Crippen LogP contribution in [0.2, 0.25) is 0 Å². The van der Waals surface area contributed by atoms with E-state index in [0.717, 1.165) is 12.8 Å². The van der Waals surface area contributed by atoms with Crippen molar-refractivity contribution < 1.29 is 0 Å². The van der Waals surface area contributed by atoms with E-state index in [1.165, 1.54) is 5.56 Å². The van der Waals surface area contributed by atoms with E-state index in [0.29, 0.717) is 5.92 Å². The Morgan fingerprint density at radius 2 is 1.79 bits per heavy atom. The summed E-state index contributed by atoms with van der Waals surface area (Å²) in [4.78, 5) is 0. The molecule has 0 aromatic heterocycles. The van der Waals surface area contributed by atoms with Crippen LogP contribution in [0.1, 0.15) is 39.2 Å². The van der Waals surface area contributed by atoms with Crippen LogP contribution in [0.5, 0.6) is 0 Å². The highest BCUT2D eigenvalue weighted by atomic mass is 14.8. The maximum atomic E-state index is 6.47. The summed E-state index contributed by atoms with van der Waals surface area (Å²) in [6, 6.07) is 10.4. The van der Waals surface area contributed by atoms with Gasteiger partial charge in [-0.3, -0.25) is 0 Å². The Kier molecular flexibility index (Phi) is 3.70. The molecule has 14 heavy (non-hydrogen) atoms. The van der Waals surface area contributed by atoms with Gasteiger partial charge in [0, 0.05) is 5.54 Å². The Labute approximate surface area is 87.3 Å². The number of hydrogen-bond acceptors (Lipinski definition) is 1. The summed E-state index contributed by atoms with van der Waals surface area (Å²) in [5.41, 5.74) is 7.58. The molecule has 1 aromatic carbocycles. The summed E-state index contributed by atoms with van der Waals surface area (Å²) < 4.78 is 0. The molecule has 1 nitrogen and oxygen atoms in total. The third kappa shape index (κ3) is 1.98. The van der Waals surface area contributed by atoms with Gasteiger partial charge in [-0.05, 0) is 17.9 Å². The van der Waals surface area contributed by atoms with Gasteiger partial charge in [0.1, 0.15) is 0 Å². The van der Waals surface area contributed by atoms with Crippen LogP contribution in [-0.2, 0) is 5.54 Å². The number of hydrogen-bond donors (Lipinski definition) is 1. The van der Waals surface area contributed by atoms with Crippen molar-refractivity contribution in [1.82, 2.24) is 0 Å². The molecule has 0 amide bonds. The molecule has 0 spiro atoms. The SMILES string of the molecule is CCC(C)C(N)(CC)c1ccccc1. The molecule has 2 N–H and O–H groups in total. The Morgan fingerprint density at radius 1 is 1.21 bits per heavy atom. The molecule has 0 heterocycles. The molecular formula is C13H21N. The van der Waals surface area contributed by atoms with Crippen molar-refractivity contribution in [3.05, 3.63) is 35.9 Å². The molecule has 0 saturated carbocycles. The Morgan fingerprint density at radius 3 is 2.21 bits per heavy atom. The maximum absolute atomic E-state index is 6.47. The molecule has 0 aliphatic carbocycles. The standard InChI is InChI=1S/C13H21N/c1-4-11(3)13(14,5-2)12-9-7-6-8-10-12/h6-11H,4-5,14H2,1-3H3. The van der Waals surface area contributed by atoms with Gasteiger partial charge in [-0.25, -0.2) is 0 Å². The van der Waals surface area contributed by atoms with Crippen LogP contribution in [0.25, 0.3) is 0 Å². The largest absolute Gasteiger partial charge is 0.321 e. The molecule has 0 aliphatic rings. The fourth-order valence-electron chi connectivity index (χ4n) is 1.95. The van der Waals surface area contributed by atoms with Crippen molar-refractivity contribution in [2.24, 2.45) is 11.7 Å². The second-order valence-corrected chi connectivity index (χ2v) is 4.07. The van der Waals surface area contributed by atoms with E-state index >= 15 is 0 Å². The first-order valence-corrected chi connectivity index (χ1v) is 5.49. The van der Waals surface area contributed by atoms with Gasteiger partial charge >= 0.3 is 0 Å². The quantitative estimate of drug-likeness (QED) is 0.776. The zero-order valence-corrected chi connectivity index (χ0v) is 9.46. The average Bonchev–Trinajstić information content (AvgIpc) is 2.28. The van der Waals surface area contributed by atoms with E-state index in [1.807, 2.05) is 6.07 Å². The van der Waals surface area contributed by atoms with E-state index in [9.17, 15) is 0 Å². The molecule has 0 saturated heterocycles. The van der Waals surface area contributed by atoms with Gasteiger partial charge in [0.25, 0.3) is 0 Å². The van der Waals surface area contributed by atoms with Crippen molar-refractivity contribution in [2.45, 2.75) is 39.2 Å². The summed E-state index contributed by atoms with van der Waals surface area (Å²) in [6.07, 6.45) is 2.12. The van der Waals surface area contributed by atoms with Crippen molar-refractivity contribution >= 4 is 0 Å². The third-order valence-electron chi connectivity index (χ3n) is 3.39. The lowest BCUT2D eigenvalue weighted by Gasteiger charge is -2.34. The average molecular weight is 191 g/mol. The summed E-state index contributed by atoms with van der Waals surface area (Å²) >= 11 is 0. The van der Waals surface area contributed by atoms with E-state index in [2.05, 4.69) is 45.0 Å². The second kappa shape index (κ2) is 4.61. The van der Waals surface area contributed by atoms with Gasteiger partial charge in [-0.1, -0.05) is 57.5 Å². The van der Waals surface area contributed by atoms with E-state index in [1.54, 1.807) is 0 Å². The lowest BCUT2D eigenvalue weighted by atomic mass is 9.76. The normalized spacial score (nSPS) is 17.4. The summed E-state index contributed by atoms with van der Waals surface area (Å²) in [6.45, 7) is 6.60. The molecule has 0 radical (unpaired) electrons. The molecule has 1 rings (SSSR count). The number of rotatable bonds is 4. The van der Waals surface area contributed by atoms with Gasteiger partial charge in [-0.2, -0.15) is 0 Å². The van der Waals surface area contributed by atoms with Crippen molar-refractivity contribution in [3.8, 4) is 0 Å². The van der Waals surface area contributed by atoms with Crippen molar-refractivity contribution in [3.63, 3.8) is 0 Å². The van der Waals surface area contributed by atoms with E-state index in [-0.39, 0.29) is 5.54 Å². The molecule has 0 aliphatic heterocycles. The lowest BCUT2D eigenvalue weighted by Crippen LogP contribution is -2.42. The molecule has 2 atom stereocenters. The second-order valence-electron chi connectivity index (χ2n) is 4.07. The molecule has 78 valence electrons. The maximum Gasteiger partial charge on any atom is 0.0432 e. The zero-order chi connectivity index (χ0) is 10.6. The minimum atomic E-state index is -0.157. The van der Waals surface area contributed by atoms with Gasteiger partial charge in [0.15, 0.2) is 0 Å². The highest BCUT2D eigenvalue weighted by molar-refractivity contribution is 5.24. The highest BCUT2D eigenvalue weighted by Gasteiger charge is 2.30. The van der Waals surface area contributed by atoms with Crippen LogP contribution in [0.15, 0.2) is 30.3 Å². The Balaban J connectivity index is 3.01. The predicted molar refractivity (Wildman–Crippen MR) is 62.1 cm³/mol. The van der Waals surface area contributed by atoms with Crippen LogP contribution < -0.4 is 5.73 Å². The smallest absolute Gasteiger partial charge is 0.0432 e. The van der Waals surface area contributed by atoms with Crippen LogP contribution in [0.4, 0.5) is 0 Å². The monoisotopic (exact) mass is 191 g/mol. The molecular weight excluding hydrogens is 170 g/mol. The fraction of sp³-hybridized carbons (Fsp3) is 0.538. The highest BCUT2D eigenvalue weighted by Crippen LogP contribution is 2.31. The van der Waals surface area contributed by atoms with E-state index < -0.39 is 0 Å². The first kappa shape index (κ1) is 11.3. The Hall–Kier alpha value is -0.820. The van der Waals surface area contributed by atoms with Crippen LogP contribution >= 0.6 is 0 Å². The molecule has 2 unspecified atom stereocenters. The topological polar surface area (TPSA) is 26.0 Å². The van der Waals surface area contributed by atoms with Crippen molar-refractivity contribution in [2.75, 3.05) is 0 Å². The first-order chi connectivity index (χ1) is 6.65.